The zero-order valence-electron chi connectivity index (χ0n) is 13.6. The molecular weight excluding hydrogens is 375 g/mol. The molecule has 0 bridgehead atoms. The Hall–Kier alpha value is -2.56. The highest BCUT2D eigenvalue weighted by atomic mass is 35.5. The molecule has 0 radical (unpaired) electrons. The number of carbonyl (C=O) groups excluding carboxylic acids is 2. The number of benzene rings is 3. The maximum atomic E-state index is 12.1. The van der Waals surface area contributed by atoms with E-state index in [0.717, 1.165) is 10.8 Å². The second-order valence-corrected chi connectivity index (χ2v) is 6.35. The Morgan fingerprint density at radius 1 is 0.846 bits per heavy atom. The van der Waals surface area contributed by atoms with Crippen LogP contribution in [-0.4, -0.2) is 25.0 Å². The second-order valence-electron chi connectivity index (χ2n) is 5.51. The molecule has 0 aliphatic carbocycles. The SMILES string of the molecule is O=C(COc1ccc2ccccc2c1)OCC(=O)c1ccc(Cl)cc1Cl. The van der Waals surface area contributed by atoms with E-state index in [4.69, 9.17) is 32.7 Å². The van der Waals surface area contributed by atoms with Crippen molar-refractivity contribution in [3.63, 3.8) is 0 Å². The summed E-state index contributed by atoms with van der Waals surface area (Å²) in [6.45, 7) is -0.707. The van der Waals surface area contributed by atoms with Crippen molar-refractivity contribution in [2.45, 2.75) is 0 Å². The van der Waals surface area contributed by atoms with Crippen molar-refractivity contribution in [3.8, 4) is 5.75 Å². The summed E-state index contributed by atoms with van der Waals surface area (Å²) in [7, 11) is 0. The third-order valence-corrected chi connectivity index (χ3v) is 4.22. The summed E-state index contributed by atoms with van der Waals surface area (Å²) in [4.78, 5) is 23.9. The van der Waals surface area contributed by atoms with Crippen LogP contribution in [0.15, 0.2) is 60.7 Å². The average Bonchev–Trinajstić information content (AvgIpc) is 2.64. The van der Waals surface area contributed by atoms with Crippen LogP contribution in [-0.2, 0) is 9.53 Å². The summed E-state index contributed by atoms with van der Waals surface area (Å²) in [5.41, 5.74) is 0.249. The van der Waals surface area contributed by atoms with Gasteiger partial charge in [0.25, 0.3) is 0 Å². The van der Waals surface area contributed by atoms with Crippen LogP contribution in [0, 0.1) is 0 Å². The van der Waals surface area contributed by atoms with E-state index in [-0.39, 0.29) is 17.2 Å². The quantitative estimate of drug-likeness (QED) is 0.442. The monoisotopic (exact) mass is 388 g/mol. The molecule has 3 rings (SSSR count). The van der Waals surface area contributed by atoms with Crippen LogP contribution in [0.4, 0.5) is 0 Å². The van der Waals surface area contributed by atoms with Gasteiger partial charge in [-0.1, -0.05) is 53.5 Å². The lowest BCUT2D eigenvalue weighted by molar-refractivity contribution is -0.144. The van der Waals surface area contributed by atoms with Crippen LogP contribution in [0.25, 0.3) is 10.8 Å². The molecule has 0 heterocycles. The Kier molecular flexibility index (Phi) is 5.76. The Morgan fingerprint density at radius 3 is 2.38 bits per heavy atom. The molecule has 0 N–H and O–H groups in total. The Balaban J connectivity index is 1.52. The molecule has 0 saturated carbocycles. The summed E-state index contributed by atoms with van der Waals surface area (Å²) in [5.74, 6) is -0.505. The standard InChI is InChI=1S/C20H14Cl2O4/c21-15-6-8-17(18(22)10-15)19(23)11-26-20(24)12-25-16-7-5-13-3-1-2-4-14(13)9-16/h1-10H,11-12H2. The van der Waals surface area contributed by atoms with Crippen molar-refractivity contribution < 1.29 is 19.1 Å². The summed E-state index contributed by atoms with van der Waals surface area (Å²) in [5, 5.41) is 2.72. The van der Waals surface area contributed by atoms with Gasteiger partial charge in [0, 0.05) is 10.6 Å². The summed E-state index contributed by atoms with van der Waals surface area (Å²) >= 11 is 11.7. The molecule has 0 aliphatic rings. The molecule has 0 aliphatic heterocycles. The number of ketones is 1. The Labute approximate surface area is 160 Å². The van der Waals surface area contributed by atoms with Crippen molar-refractivity contribution in [1.82, 2.24) is 0 Å². The first kappa shape index (κ1) is 18.2. The smallest absolute Gasteiger partial charge is 0.344 e. The van der Waals surface area contributed by atoms with Crippen LogP contribution >= 0.6 is 23.2 Å². The lowest BCUT2D eigenvalue weighted by Gasteiger charge is -2.08. The molecule has 3 aromatic rings. The lowest BCUT2D eigenvalue weighted by Crippen LogP contribution is -2.19. The molecule has 3 aromatic carbocycles. The van der Waals surface area contributed by atoms with Crippen LogP contribution in [0.2, 0.25) is 10.0 Å². The Bertz CT molecular complexity index is 969. The van der Waals surface area contributed by atoms with Crippen LogP contribution < -0.4 is 4.74 Å². The highest BCUT2D eigenvalue weighted by molar-refractivity contribution is 6.36. The minimum absolute atomic E-state index is 0.214. The normalized spacial score (nSPS) is 10.5. The van der Waals surface area contributed by atoms with E-state index >= 15 is 0 Å². The third-order valence-electron chi connectivity index (χ3n) is 3.67. The fourth-order valence-electron chi connectivity index (χ4n) is 2.38. The van der Waals surface area contributed by atoms with Gasteiger partial charge in [0.15, 0.2) is 13.2 Å². The molecule has 0 amide bonds. The topological polar surface area (TPSA) is 52.6 Å². The molecular formula is C20H14Cl2O4. The maximum Gasteiger partial charge on any atom is 0.344 e. The van der Waals surface area contributed by atoms with Gasteiger partial charge in [-0.05, 0) is 41.1 Å². The predicted octanol–water partition coefficient (Wildman–Crippen LogP) is 4.95. The van der Waals surface area contributed by atoms with Crippen LogP contribution in [0.3, 0.4) is 0 Å². The molecule has 132 valence electrons. The zero-order chi connectivity index (χ0) is 18.5. The third kappa shape index (κ3) is 4.54. The van der Waals surface area contributed by atoms with Crippen LogP contribution in [0.1, 0.15) is 10.4 Å². The minimum Gasteiger partial charge on any atom is -0.482 e. The second kappa shape index (κ2) is 8.21. The van der Waals surface area contributed by atoms with Gasteiger partial charge in [-0.2, -0.15) is 0 Å². The number of Topliss-reactive ketones (excluding diaryl/α,β-unsaturated/α-hetero) is 1. The first-order valence-electron chi connectivity index (χ1n) is 7.78. The molecule has 0 fully saturated rings. The van der Waals surface area contributed by atoms with E-state index in [2.05, 4.69) is 0 Å². The number of hydrogen-bond acceptors (Lipinski definition) is 4. The van der Waals surface area contributed by atoms with Gasteiger partial charge in [0.05, 0.1) is 5.02 Å². The number of hydrogen-bond donors (Lipinski definition) is 0. The number of fused-ring (bicyclic) bond motifs is 1. The summed E-state index contributed by atoms with van der Waals surface area (Å²) in [6, 6.07) is 17.8. The van der Waals surface area contributed by atoms with Gasteiger partial charge in [-0.15, -0.1) is 0 Å². The van der Waals surface area contributed by atoms with Gasteiger partial charge in [-0.3, -0.25) is 4.79 Å². The number of rotatable bonds is 6. The van der Waals surface area contributed by atoms with Crippen LogP contribution in [0.5, 0.6) is 5.75 Å². The van der Waals surface area contributed by atoms with Gasteiger partial charge in [-0.25, -0.2) is 4.79 Å². The highest BCUT2D eigenvalue weighted by Gasteiger charge is 2.14. The molecule has 26 heavy (non-hydrogen) atoms. The number of ether oxygens (including phenoxy) is 2. The first-order chi connectivity index (χ1) is 12.5. The fourth-order valence-corrected chi connectivity index (χ4v) is 2.89. The van der Waals surface area contributed by atoms with Crippen molar-refractivity contribution in [2.24, 2.45) is 0 Å². The Morgan fingerprint density at radius 2 is 1.62 bits per heavy atom. The van der Waals surface area contributed by atoms with E-state index in [0.29, 0.717) is 10.8 Å². The van der Waals surface area contributed by atoms with Gasteiger partial charge < -0.3 is 9.47 Å². The maximum absolute atomic E-state index is 12.1. The molecule has 0 aromatic heterocycles. The van der Waals surface area contributed by atoms with E-state index in [9.17, 15) is 9.59 Å². The van der Waals surface area contributed by atoms with E-state index in [1.807, 2.05) is 36.4 Å². The lowest BCUT2D eigenvalue weighted by atomic mass is 10.1. The van der Waals surface area contributed by atoms with Gasteiger partial charge in [0.2, 0.25) is 5.78 Å². The van der Waals surface area contributed by atoms with E-state index in [1.165, 1.54) is 12.1 Å². The highest BCUT2D eigenvalue weighted by Crippen LogP contribution is 2.22. The number of esters is 1. The molecule has 0 spiro atoms. The number of halogens is 2. The van der Waals surface area contributed by atoms with Crippen molar-refractivity contribution in [2.75, 3.05) is 13.2 Å². The summed E-state index contributed by atoms with van der Waals surface area (Å²) in [6.07, 6.45) is 0. The van der Waals surface area contributed by atoms with E-state index in [1.54, 1.807) is 12.1 Å². The van der Waals surface area contributed by atoms with Crippen molar-refractivity contribution in [1.29, 1.82) is 0 Å². The summed E-state index contributed by atoms with van der Waals surface area (Å²) < 4.78 is 10.4. The molecule has 0 atom stereocenters. The van der Waals surface area contributed by atoms with Gasteiger partial charge >= 0.3 is 5.97 Å². The van der Waals surface area contributed by atoms with Crippen molar-refractivity contribution >= 4 is 45.7 Å². The van der Waals surface area contributed by atoms with E-state index < -0.39 is 18.4 Å². The first-order valence-corrected chi connectivity index (χ1v) is 8.54. The molecule has 6 heteroatoms. The number of carbonyl (C=O) groups is 2. The zero-order valence-corrected chi connectivity index (χ0v) is 15.1. The molecule has 4 nitrogen and oxygen atoms in total. The van der Waals surface area contributed by atoms with Crippen molar-refractivity contribution in [3.05, 3.63) is 76.3 Å². The molecule has 0 saturated heterocycles. The predicted molar refractivity (Wildman–Crippen MR) is 101 cm³/mol. The average molecular weight is 389 g/mol. The minimum atomic E-state index is -0.642. The largest absolute Gasteiger partial charge is 0.482 e. The van der Waals surface area contributed by atoms with Gasteiger partial charge in [0.1, 0.15) is 5.75 Å². The fraction of sp³-hybridized carbons (Fsp3) is 0.100. The molecule has 0 unspecified atom stereocenters.